The minimum atomic E-state index is 0.681. The largest absolute Gasteiger partial charge is 0.494 e. The van der Waals surface area contributed by atoms with Gasteiger partial charge in [-0.15, -0.1) is 0 Å². The molecule has 0 aromatic heterocycles. The van der Waals surface area contributed by atoms with Crippen molar-refractivity contribution in [3.05, 3.63) is 54.1 Å². The zero-order chi connectivity index (χ0) is 14.4. The fraction of sp³-hybridized carbons (Fsp3) is 0.235. The van der Waals surface area contributed by atoms with Gasteiger partial charge in [0.1, 0.15) is 5.75 Å². The number of aliphatic imine (C=N–C) groups is 1. The summed E-state index contributed by atoms with van der Waals surface area (Å²) in [4.78, 5) is 6.53. The average Bonchev–Trinajstić information content (AvgIpc) is 2.47. The smallest absolute Gasteiger partial charge is 0.119 e. The van der Waals surface area contributed by atoms with Crippen LogP contribution in [0.5, 0.6) is 5.75 Å². The Labute approximate surface area is 120 Å². The molecular weight excluding hydrogens is 248 g/mol. The molecule has 0 aliphatic rings. The summed E-state index contributed by atoms with van der Waals surface area (Å²) in [6.07, 6.45) is 1.87. The van der Waals surface area contributed by atoms with Crippen LogP contribution in [-0.4, -0.2) is 26.9 Å². The molecule has 2 rings (SSSR count). The molecule has 0 saturated carbocycles. The fourth-order valence-electron chi connectivity index (χ4n) is 1.80. The van der Waals surface area contributed by atoms with E-state index >= 15 is 0 Å². The van der Waals surface area contributed by atoms with Crippen LogP contribution in [0, 0.1) is 0 Å². The fourth-order valence-corrected chi connectivity index (χ4v) is 1.80. The summed E-state index contributed by atoms with van der Waals surface area (Å²) < 4.78 is 5.40. The van der Waals surface area contributed by atoms with Crippen LogP contribution in [0.25, 0.3) is 0 Å². The molecule has 2 aromatic carbocycles. The SMILES string of the molecule is CCOc1ccc(/N=C/c2ccc(N(C)C)cc2)cc1. The predicted molar refractivity (Wildman–Crippen MR) is 85.6 cm³/mol. The molecule has 0 fully saturated rings. The van der Waals surface area contributed by atoms with E-state index in [1.807, 2.05) is 51.5 Å². The van der Waals surface area contributed by atoms with Crippen LogP contribution in [0.4, 0.5) is 11.4 Å². The number of hydrogen-bond acceptors (Lipinski definition) is 3. The summed E-state index contributed by atoms with van der Waals surface area (Å²) in [7, 11) is 4.06. The highest BCUT2D eigenvalue weighted by Crippen LogP contribution is 2.18. The molecule has 0 aliphatic carbocycles. The van der Waals surface area contributed by atoms with Gasteiger partial charge in [0.25, 0.3) is 0 Å². The lowest BCUT2D eigenvalue weighted by Gasteiger charge is -2.11. The van der Waals surface area contributed by atoms with E-state index in [2.05, 4.69) is 34.2 Å². The van der Waals surface area contributed by atoms with Crippen molar-refractivity contribution in [2.75, 3.05) is 25.6 Å². The van der Waals surface area contributed by atoms with Gasteiger partial charge < -0.3 is 9.64 Å². The maximum absolute atomic E-state index is 5.40. The molecule has 20 heavy (non-hydrogen) atoms. The second-order valence-corrected chi connectivity index (χ2v) is 4.67. The van der Waals surface area contributed by atoms with E-state index in [0.717, 1.165) is 17.0 Å². The van der Waals surface area contributed by atoms with E-state index in [1.54, 1.807) is 0 Å². The molecule has 0 spiro atoms. The Hall–Kier alpha value is -2.29. The first-order valence-corrected chi connectivity index (χ1v) is 6.73. The summed E-state index contributed by atoms with van der Waals surface area (Å²) in [5.74, 6) is 0.877. The van der Waals surface area contributed by atoms with Gasteiger partial charge in [0.05, 0.1) is 12.3 Å². The molecule has 0 saturated heterocycles. The molecule has 0 N–H and O–H groups in total. The van der Waals surface area contributed by atoms with Crippen LogP contribution in [0.3, 0.4) is 0 Å². The topological polar surface area (TPSA) is 24.8 Å². The minimum Gasteiger partial charge on any atom is -0.494 e. The van der Waals surface area contributed by atoms with Crippen molar-refractivity contribution in [3.63, 3.8) is 0 Å². The molecule has 3 heteroatoms. The van der Waals surface area contributed by atoms with Gasteiger partial charge in [-0.25, -0.2) is 0 Å². The Morgan fingerprint density at radius 1 is 1.00 bits per heavy atom. The third-order valence-electron chi connectivity index (χ3n) is 2.92. The normalized spacial score (nSPS) is 10.8. The maximum Gasteiger partial charge on any atom is 0.119 e. The van der Waals surface area contributed by atoms with E-state index < -0.39 is 0 Å². The van der Waals surface area contributed by atoms with Gasteiger partial charge in [0.15, 0.2) is 0 Å². The molecule has 0 amide bonds. The van der Waals surface area contributed by atoms with Crippen LogP contribution >= 0.6 is 0 Å². The van der Waals surface area contributed by atoms with Gasteiger partial charge in [-0.1, -0.05) is 12.1 Å². The molecule has 0 unspecified atom stereocenters. The maximum atomic E-state index is 5.40. The highest BCUT2D eigenvalue weighted by molar-refractivity contribution is 5.82. The summed E-state index contributed by atoms with van der Waals surface area (Å²) in [5.41, 5.74) is 3.19. The number of anilines is 1. The monoisotopic (exact) mass is 268 g/mol. The van der Waals surface area contributed by atoms with Crippen molar-refractivity contribution in [2.45, 2.75) is 6.92 Å². The van der Waals surface area contributed by atoms with Crippen molar-refractivity contribution in [2.24, 2.45) is 4.99 Å². The van der Waals surface area contributed by atoms with E-state index in [9.17, 15) is 0 Å². The van der Waals surface area contributed by atoms with Crippen LogP contribution in [0.1, 0.15) is 12.5 Å². The molecule has 0 radical (unpaired) electrons. The Morgan fingerprint density at radius 3 is 2.20 bits per heavy atom. The van der Waals surface area contributed by atoms with Crippen molar-refractivity contribution >= 4 is 17.6 Å². The van der Waals surface area contributed by atoms with E-state index in [0.29, 0.717) is 6.61 Å². The quantitative estimate of drug-likeness (QED) is 0.768. The second kappa shape index (κ2) is 6.75. The first-order chi connectivity index (χ1) is 9.69. The first-order valence-electron chi connectivity index (χ1n) is 6.73. The van der Waals surface area contributed by atoms with Crippen molar-refractivity contribution in [1.82, 2.24) is 0 Å². The average molecular weight is 268 g/mol. The molecular formula is C17H20N2O. The van der Waals surface area contributed by atoms with Gasteiger partial charge in [-0.05, 0) is 48.9 Å². The standard InChI is InChI=1S/C17H20N2O/c1-4-20-17-11-7-15(8-12-17)18-13-14-5-9-16(10-6-14)19(2)3/h5-13H,4H2,1-3H3/b18-13+. The number of benzene rings is 2. The van der Waals surface area contributed by atoms with E-state index in [1.165, 1.54) is 5.69 Å². The highest BCUT2D eigenvalue weighted by atomic mass is 16.5. The lowest BCUT2D eigenvalue weighted by molar-refractivity contribution is 0.340. The zero-order valence-electron chi connectivity index (χ0n) is 12.2. The number of nitrogens with zero attached hydrogens (tertiary/aromatic N) is 2. The predicted octanol–water partition coefficient (Wildman–Crippen LogP) is 3.90. The van der Waals surface area contributed by atoms with Crippen molar-refractivity contribution in [3.8, 4) is 5.75 Å². The van der Waals surface area contributed by atoms with Crippen LogP contribution in [0.15, 0.2) is 53.5 Å². The summed E-state index contributed by atoms with van der Waals surface area (Å²) in [5, 5.41) is 0. The first kappa shape index (κ1) is 14.1. The lowest BCUT2D eigenvalue weighted by atomic mass is 10.2. The molecule has 0 atom stereocenters. The molecule has 2 aromatic rings. The van der Waals surface area contributed by atoms with Gasteiger partial charge in [-0.2, -0.15) is 0 Å². The zero-order valence-corrected chi connectivity index (χ0v) is 12.2. The number of hydrogen-bond donors (Lipinski definition) is 0. The Morgan fingerprint density at radius 2 is 1.65 bits per heavy atom. The molecule has 0 bridgehead atoms. The Bertz CT molecular complexity index is 557. The summed E-state index contributed by atoms with van der Waals surface area (Å²) >= 11 is 0. The third-order valence-corrected chi connectivity index (χ3v) is 2.92. The van der Waals surface area contributed by atoms with Crippen LogP contribution in [0.2, 0.25) is 0 Å². The van der Waals surface area contributed by atoms with Gasteiger partial charge in [0.2, 0.25) is 0 Å². The second-order valence-electron chi connectivity index (χ2n) is 4.67. The summed E-state index contributed by atoms with van der Waals surface area (Å²) in [6, 6.07) is 16.1. The van der Waals surface area contributed by atoms with Gasteiger partial charge in [-0.3, -0.25) is 4.99 Å². The van der Waals surface area contributed by atoms with Crippen molar-refractivity contribution in [1.29, 1.82) is 0 Å². The van der Waals surface area contributed by atoms with E-state index in [4.69, 9.17) is 4.74 Å². The van der Waals surface area contributed by atoms with E-state index in [-0.39, 0.29) is 0 Å². The Kier molecular flexibility index (Phi) is 4.77. The molecule has 104 valence electrons. The molecule has 0 aliphatic heterocycles. The highest BCUT2D eigenvalue weighted by Gasteiger charge is 1.95. The van der Waals surface area contributed by atoms with Gasteiger partial charge >= 0.3 is 0 Å². The van der Waals surface area contributed by atoms with Gasteiger partial charge in [0, 0.05) is 26.0 Å². The van der Waals surface area contributed by atoms with Crippen LogP contribution < -0.4 is 9.64 Å². The molecule has 3 nitrogen and oxygen atoms in total. The third kappa shape index (κ3) is 3.85. The Balaban J connectivity index is 2.04. The minimum absolute atomic E-state index is 0.681. The van der Waals surface area contributed by atoms with Crippen molar-refractivity contribution < 1.29 is 4.74 Å². The lowest BCUT2D eigenvalue weighted by Crippen LogP contribution is -2.08. The number of rotatable bonds is 5. The number of ether oxygens (including phenoxy) is 1. The molecule has 0 heterocycles. The summed E-state index contributed by atoms with van der Waals surface area (Å²) in [6.45, 7) is 2.66. The van der Waals surface area contributed by atoms with Crippen LogP contribution in [-0.2, 0) is 0 Å².